The Labute approximate surface area is 119 Å². The molecule has 9 heteroatoms. The SMILES string of the molecule is Cn1nc2nc(S(C)(=O)=O)nc(-c3cccs3)c2c1N. The zero-order valence-corrected chi connectivity index (χ0v) is 12.4. The molecular weight excluding hydrogens is 298 g/mol. The molecule has 0 fully saturated rings. The van der Waals surface area contributed by atoms with E-state index in [0.717, 1.165) is 11.1 Å². The van der Waals surface area contributed by atoms with E-state index in [0.29, 0.717) is 16.9 Å². The molecular formula is C11H11N5O2S2. The van der Waals surface area contributed by atoms with Gasteiger partial charge in [0, 0.05) is 13.3 Å². The molecule has 0 saturated carbocycles. The van der Waals surface area contributed by atoms with Crippen LogP contribution in [0.15, 0.2) is 22.7 Å². The molecule has 3 rings (SSSR count). The van der Waals surface area contributed by atoms with E-state index in [4.69, 9.17) is 5.73 Å². The molecule has 0 amide bonds. The molecule has 0 aliphatic heterocycles. The van der Waals surface area contributed by atoms with Gasteiger partial charge in [0.2, 0.25) is 15.0 Å². The Bertz CT molecular complexity index is 897. The lowest BCUT2D eigenvalue weighted by Crippen LogP contribution is -2.05. The monoisotopic (exact) mass is 309 g/mol. The zero-order valence-electron chi connectivity index (χ0n) is 10.7. The van der Waals surface area contributed by atoms with E-state index >= 15 is 0 Å². The molecule has 7 nitrogen and oxygen atoms in total. The van der Waals surface area contributed by atoms with Gasteiger partial charge in [0.15, 0.2) is 5.65 Å². The summed E-state index contributed by atoms with van der Waals surface area (Å²) in [7, 11) is -1.84. The summed E-state index contributed by atoms with van der Waals surface area (Å²) in [4.78, 5) is 8.98. The third-order valence-corrected chi connectivity index (χ3v) is 4.53. The van der Waals surface area contributed by atoms with Crippen LogP contribution in [0.2, 0.25) is 0 Å². The lowest BCUT2D eigenvalue weighted by Gasteiger charge is -2.03. The molecule has 0 aliphatic carbocycles. The molecule has 2 N–H and O–H groups in total. The van der Waals surface area contributed by atoms with Gasteiger partial charge in [0.05, 0.1) is 16.0 Å². The molecule has 0 unspecified atom stereocenters. The Hall–Kier alpha value is -2.00. The Kier molecular flexibility index (Phi) is 2.76. The summed E-state index contributed by atoms with van der Waals surface area (Å²) in [6.45, 7) is 0. The summed E-state index contributed by atoms with van der Waals surface area (Å²) < 4.78 is 24.9. The molecule has 20 heavy (non-hydrogen) atoms. The number of fused-ring (bicyclic) bond motifs is 1. The average Bonchev–Trinajstić information content (AvgIpc) is 2.97. The highest BCUT2D eigenvalue weighted by Gasteiger charge is 2.21. The Balaban J connectivity index is 2.46. The van der Waals surface area contributed by atoms with Crippen LogP contribution in [0.3, 0.4) is 0 Å². The molecule has 104 valence electrons. The largest absolute Gasteiger partial charge is 0.383 e. The van der Waals surface area contributed by atoms with E-state index in [1.54, 1.807) is 7.05 Å². The molecule has 3 aromatic heterocycles. The number of anilines is 1. The molecule has 0 saturated heterocycles. The summed E-state index contributed by atoms with van der Waals surface area (Å²) >= 11 is 1.45. The van der Waals surface area contributed by atoms with Gasteiger partial charge < -0.3 is 5.73 Å². The van der Waals surface area contributed by atoms with E-state index in [2.05, 4.69) is 15.1 Å². The minimum atomic E-state index is -3.52. The lowest BCUT2D eigenvalue weighted by atomic mass is 10.2. The maximum atomic E-state index is 11.7. The van der Waals surface area contributed by atoms with Gasteiger partial charge in [-0.3, -0.25) is 4.68 Å². The number of aryl methyl sites for hydroxylation is 1. The molecule has 0 aliphatic rings. The van der Waals surface area contributed by atoms with Gasteiger partial charge in [-0.15, -0.1) is 11.3 Å². The molecule has 0 bridgehead atoms. The standard InChI is InChI=1S/C11H11N5O2S2/c1-16-9(12)7-8(6-4-3-5-19-6)13-11(20(2,17)18)14-10(7)15-16/h3-5H,12H2,1-2H3. The van der Waals surface area contributed by atoms with Crippen molar-refractivity contribution >= 4 is 38.0 Å². The number of nitrogens with two attached hydrogens (primary N) is 1. The summed E-state index contributed by atoms with van der Waals surface area (Å²) in [5.74, 6) is 0.406. The normalized spacial score (nSPS) is 12.1. The van der Waals surface area contributed by atoms with Crippen LogP contribution in [-0.2, 0) is 16.9 Å². The maximum absolute atomic E-state index is 11.7. The number of hydrogen-bond donors (Lipinski definition) is 1. The van der Waals surface area contributed by atoms with Crippen LogP contribution < -0.4 is 5.73 Å². The van der Waals surface area contributed by atoms with Crippen molar-refractivity contribution in [3.8, 4) is 10.6 Å². The summed E-state index contributed by atoms with van der Waals surface area (Å²) in [6.07, 6.45) is 1.07. The number of nitrogen functional groups attached to an aromatic ring is 1. The number of rotatable bonds is 2. The fourth-order valence-corrected chi connectivity index (χ4v) is 3.08. The van der Waals surface area contributed by atoms with Crippen molar-refractivity contribution in [2.24, 2.45) is 7.05 Å². The van der Waals surface area contributed by atoms with Crippen molar-refractivity contribution < 1.29 is 8.42 Å². The van der Waals surface area contributed by atoms with Crippen molar-refractivity contribution in [2.45, 2.75) is 5.16 Å². The fraction of sp³-hybridized carbons (Fsp3) is 0.182. The van der Waals surface area contributed by atoms with Gasteiger partial charge in [-0.2, -0.15) is 10.1 Å². The van der Waals surface area contributed by atoms with Crippen LogP contribution in [0.4, 0.5) is 5.82 Å². The van der Waals surface area contributed by atoms with Crippen molar-refractivity contribution in [1.29, 1.82) is 0 Å². The van der Waals surface area contributed by atoms with Gasteiger partial charge in [0.25, 0.3) is 0 Å². The molecule has 0 radical (unpaired) electrons. The van der Waals surface area contributed by atoms with Gasteiger partial charge in [-0.05, 0) is 11.4 Å². The van der Waals surface area contributed by atoms with Crippen LogP contribution in [0.1, 0.15) is 0 Å². The second-order valence-electron chi connectivity index (χ2n) is 4.31. The number of nitrogens with zero attached hydrogens (tertiary/aromatic N) is 4. The number of sulfone groups is 1. The minimum Gasteiger partial charge on any atom is -0.383 e. The first kappa shape index (κ1) is 13.0. The van der Waals surface area contributed by atoms with Gasteiger partial charge in [-0.1, -0.05) is 6.07 Å². The van der Waals surface area contributed by atoms with Crippen LogP contribution in [0.25, 0.3) is 21.6 Å². The third-order valence-electron chi connectivity index (χ3n) is 2.81. The molecule has 0 atom stereocenters. The smallest absolute Gasteiger partial charge is 0.249 e. The van der Waals surface area contributed by atoms with Crippen molar-refractivity contribution in [2.75, 3.05) is 12.0 Å². The second kappa shape index (κ2) is 4.25. The molecule has 3 aromatic rings. The third kappa shape index (κ3) is 1.95. The summed E-state index contributed by atoms with van der Waals surface area (Å²) in [5, 5.41) is 6.35. The summed E-state index contributed by atoms with van der Waals surface area (Å²) in [6, 6.07) is 3.71. The van der Waals surface area contributed by atoms with E-state index in [1.807, 2.05) is 17.5 Å². The first-order valence-electron chi connectivity index (χ1n) is 5.62. The van der Waals surface area contributed by atoms with Crippen molar-refractivity contribution in [3.63, 3.8) is 0 Å². The predicted octanol–water partition coefficient (Wildman–Crippen LogP) is 1.08. The average molecular weight is 309 g/mol. The lowest BCUT2D eigenvalue weighted by molar-refractivity contribution is 0.593. The van der Waals surface area contributed by atoms with E-state index in [1.165, 1.54) is 16.0 Å². The van der Waals surface area contributed by atoms with E-state index in [9.17, 15) is 8.42 Å². The zero-order chi connectivity index (χ0) is 14.5. The van der Waals surface area contributed by atoms with Gasteiger partial charge in [0.1, 0.15) is 5.82 Å². The number of thiophene rings is 1. The second-order valence-corrected chi connectivity index (χ2v) is 7.17. The molecule has 3 heterocycles. The van der Waals surface area contributed by atoms with Gasteiger partial charge >= 0.3 is 0 Å². The van der Waals surface area contributed by atoms with Crippen LogP contribution in [0.5, 0.6) is 0 Å². The predicted molar refractivity (Wildman–Crippen MR) is 77.1 cm³/mol. The van der Waals surface area contributed by atoms with Crippen LogP contribution >= 0.6 is 11.3 Å². The Morgan fingerprint density at radius 1 is 1.35 bits per heavy atom. The highest BCUT2D eigenvalue weighted by molar-refractivity contribution is 7.90. The van der Waals surface area contributed by atoms with E-state index < -0.39 is 9.84 Å². The molecule has 0 spiro atoms. The molecule has 0 aromatic carbocycles. The van der Waals surface area contributed by atoms with Crippen LogP contribution in [-0.4, -0.2) is 34.4 Å². The summed E-state index contributed by atoms with van der Waals surface area (Å²) in [5.41, 5.74) is 6.76. The number of aromatic nitrogens is 4. The van der Waals surface area contributed by atoms with E-state index in [-0.39, 0.29) is 10.8 Å². The number of hydrogen-bond acceptors (Lipinski definition) is 7. The maximum Gasteiger partial charge on any atom is 0.249 e. The van der Waals surface area contributed by atoms with Gasteiger partial charge in [-0.25, -0.2) is 13.4 Å². The van der Waals surface area contributed by atoms with Crippen molar-refractivity contribution in [3.05, 3.63) is 17.5 Å². The van der Waals surface area contributed by atoms with Crippen LogP contribution in [0, 0.1) is 0 Å². The quantitative estimate of drug-likeness (QED) is 0.710. The Morgan fingerprint density at radius 2 is 2.10 bits per heavy atom. The fourth-order valence-electron chi connectivity index (χ4n) is 1.85. The van der Waals surface area contributed by atoms with Crippen molar-refractivity contribution in [1.82, 2.24) is 19.7 Å². The first-order chi connectivity index (χ1) is 9.38. The minimum absolute atomic E-state index is 0.244. The topological polar surface area (TPSA) is 104 Å². The Morgan fingerprint density at radius 3 is 2.70 bits per heavy atom. The highest BCUT2D eigenvalue weighted by atomic mass is 32.2. The first-order valence-corrected chi connectivity index (χ1v) is 8.39. The highest BCUT2D eigenvalue weighted by Crippen LogP contribution is 2.33.